The number of carboxylic acids is 1. The molecule has 18 heavy (non-hydrogen) atoms. The number of urea groups is 1. The molecule has 6 nitrogen and oxygen atoms in total. The predicted molar refractivity (Wildman–Crippen MR) is 66.2 cm³/mol. The molecule has 0 heterocycles. The van der Waals surface area contributed by atoms with E-state index in [-0.39, 0.29) is 12.6 Å². The van der Waals surface area contributed by atoms with Gasteiger partial charge in [0, 0.05) is 20.1 Å². The molecule has 0 aromatic carbocycles. The van der Waals surface area contributed by atoms with Crippen molar-refractivity contribution in [3.8, 4) is 0 Å². The second-order valence-electron chi connectivity index (χ2n) is 5.58. The molecule has 0 saturated heterocycles. The number of aliphatic hydroxyl groups is 1. The van der Waals surface area contributed by atoms with E-state index in [0.29, 0.717) is 18.4 Å². The van der Waals surface area contributed by atoms with Crippen LogP contribution in [0.3, 0.4) is 0 Å². The van der Waals surface area contributed by atoms with E-state index in [4.69, 9.17) is 5.11 Å². The normalized spacial score (nSPS) is 25.1. The Morgan fingerprint density at radius 2 is 2.06 bits per heavy atom. The third kappa shape index (κ3) is 4.91. The van der Waals surface area contributed by atoms with Crippen molar-refractivity contribution in [2.45, 2.75) is 32.3 Å². The Morgan fingerprint density at radius 3 is 2.50 bits per heavy atom. The van der Waals surface area contributed by atoms with Gasteiger partial charge in [0.15, 0.2) is 0 Å². The van der Waals surface area contributed by atoms with Gasteiger partial charge in [0.2, 0.25) is 0 Å². The standard InChI is InChI=1S/C12H22N2O4/c1-8-4-9(8)6-14(3)11(17)13-7-12(2,18)5-10(15)16/h8-9,18H,4-7H2,1-3H3,(H,13,17)(H,15,16). The molecule has 2 amide bonds. The average molecular weight is 258 g/mol. The summed E-state index contributed by atoms with van der Waals surface area (Å²) in [5.41, 5.74) is -1.42. The number of carbonyl (C=O) groups excluding carboxylic acids is 1. The van der Waals surface area contributed by atoms with Gasteiger partial charge in [0.25, 0.3) is 0 Å². The lowest BCUT2D eigenvalue weighted by molar-refractivity contribution is -0.141. The summed E-state index contributed by atoms with van der Waals surface area (Å²) in [6.07, 6.45) is 0.755. The van der Waals surface area contributed by atoms with Crippen LogP contribution in [0.5, 0.6) is 0 Å². The highest BCUT2D eigenvalue weighted by molar-refractivity contribution is 5.74. The Bertz CT molecular complexity index is 330. The molecule has 1 rings (SSSR count). The third-order valence-corrected chi connectivity index (χ3v) is 3.28. The topological polar surface area (TPSA) is 89.9 Å². The van der Waals surface area contributed by atoms with Crippen LogP contribution in [-0.4, -0.2) is 52.9 Å². The number of rotatable bonds is 6. The van der Waals surface area contributed by atoms with Crippen LogP contribution in [-0.2, 0) is 4.79 Å². The zero-order valence-electron chi connectivity index (χ0n) is 11.1. The van der Waals surface area contributed by atoms with E-state index >= 15 is 0 Å². The fourth-order valence-corrected chi connectivity index (χ4v) is 1.88. The first-order valence-corrected chi connectivity index (χ1v) is 6.14. The highest BCUT2D eigenvalue weighted by Gasteiger charge is 2.34. The molecule has 104 valence electrons. The maximum absolute atomic E-state index is 11.7. The largest absolute Gasteiger partial charge is 0.481 e. The summed E-state index contributed by atoms with van der Waals surface area (Å²) < 4.78 is 0. The lowest BCUT2D eigenvalue weighted by Crippen LogP contribution is -2.46. The zero-order valence-corrected chi connectivity index (χ0v) is 11.1. The van der Waals surface area contributed by atoms with Crippen LogP contribution in [0, 0.1) is 11.8 Å². The average Bonchev–Trinajstić information content (AvgIpc) is 2.88. The number of hydrogen-bond donors (Lipinski definition) is 3. The van der Waals surface area contributed by atoms with Crippen LogP contribution in [0.2, 0.25) is 0 Å². The second-order valence-corrected chi connectivity index (χ2v) is 5.58. The Hall–Kier alpha value is -1.30. The first kappa shape index (κ1) is 14.8. The molecule has 3 unspecified atom stereocenters. The molecule has 3 N–H and O–H groups in total. The maximum atomic E-state index is 11.7. The Morgan fingerprint density at radius 1 is 1.50 bits per heavy atom. The molecule has 1 saturated carbocycles. The van der Waals surface area contributed by atoms with Crippen LogP contribution in [0.25, 0.3) is 0 Å². The van der Waals surface area contributed by atoms with E-state index < -0.39 is 18.0 Å². The molecule has 0 aromatic rings. The number of carboxylic acid groups (broad SMARTS) is 1. The molecule has 0 aliphatic heterocycles. The summed E-state index contributed by atoms with van der Waals surface area (Å²) >= 11 is 0. The third-order valence-electron chi connectivity index (χ3n) is 3.28. The van der Waals surface area contributed by atoms with E-state index in [1.165, 1.54) is 6.92 Å². The van der Waals surface area contributed by atoms with Gasteiger partial charge in [0.1, 0.15) is 0 Å². The van der Waals surface area contributed by atoms with E-state index in [1.807, 2.05) is 0 Å². The minimum Gasteiger partial charge on any atom is -0.481 e. The summed E-state index contributed by atoms with van der Waals surface area (Å²) in [6, 6.07) is -0.278. The molecule has 0 bridgehead atoms. The van der Waals surface area contributed by atoms with Crippen molar-refractivity contribution in [1.29, 1.82) is 0 Å². The van der Waals surface area contributed by atoms with Crippen molar-refractivity contribution in [2.75, 3.05) is 20.1 Å². The van der Waals surface area contributed by atoms with Crippen molar-refractivity contribution in [2.24, 2.45) is 11.8 Å². The molecule has 0 aromatic heterocycles. The fraction of sp³-hybridized carbons (Fsp3) is 0.833. The number of nitrogens with one attached hydrogen (secondary N) is 1. The number of aliphatic carboxylic acids is 1. The van der Waals surface area contributed by atoms with Gasteiger partial charge in [-0.1, -0.05) is 6.92 Å². The summed E-state index contributed by atoms with van der Waals surface area (Å²) in [5, 5.41) is 20.9. The second kappa shape index (κ2) is 5.56. The van der Waals surface area contributed by atoms with Gasteiger partial charge in [-0.3, -0.25) is 4.79 Å². The van der Waals surface area contributed by atoms with Crippen molar-refractivity contribution in [3.05, 3.63) is 0 Å². The Kier molecular flexibility index (Phi) is 4.56. The zero-order chi connectivity index (χ0) is 13.9. The maximum Gasteiger partial charge on any atom is 0.317 e. The summed E-state index contributed by atoms with van der Waals surface area (Å²) in [7, 11) is 1.70. The van der Waals surface area contributed by atoms with Crippen molar-refractivity contribution >= 4 is 12.0 Å². The number of nitrogens with zero attached hydrogens (tertiary/aromatic N) is 1. The van der Waals surface area contributed by atoms with E-state index in [2.05, 4.69) is 12.2 Å². The van der Waals surface area contributed by atoms with Crippen molar-refractivity contribution in [1.82, 2.24) is 10.2 Å². The van der Waals surface area contributed by atoms with Crippen LogP contribution >= 0.6 is 0 Å². The molecule has 1 fully saturated rings. The molecule has 1 aliphatic carbocycles. The van der Waals surface area contributed by atoms with Crippen LogP contribution in [0.1, 0.15) is 26.7 Å². The van der Waals surface area contributed by atoms with Crippen molar-refractivity contribution in [3.63, 3.8) is 0 Å². The monoisotopic (exact) mass is 258 g/mol. The highest BCUT2D eigenvalue weighted by atomic mass is 16.4. The quantitative estimate of drug-likeness (QED) is 0.647. The molecule has 3 atom stereocenters. The van der Waals surface area contributed by atoms with E-state index in [9.17, 15) is 14.7 Å². The molecular formula is C12H22N2O4. The lowest BCUT2D eigenvalue weighted by Gasteiger charge is -2.24. The lowest BCUT2D eigenvalue weighted by atomic mass is 10.0. The van der Waals surface area contributed by atoms with Crippen LogP contribution in [0.4, 0.5) is 4.79 Å². The molecule has 1 aliphatic rings. The van der Waals surface area contributed by atoms with Gasteiger partial charge < -0.3 is 20.4 Å². The smallest absolute Gasteiger partial charge is 0.317 e. The van der Waals surface area contributed by atoms with Gasteiger partial charge >= 0.3 is 12.0 Å². The van der Waals surface area contributed by atoms with Crippen LogP contribution < -0.4 is 5.32 Å². The molecule has 0 spiro atoms. The predicted octanol–water partition coefficient (Wildman–Crippen LogP) is 0.509. The molecule has 0 radical (unpaired) electrons. The van der Waals surface area contributed by atoms with Crippen molar-refractivity contribution < 1.29 is 19.8 Å². The first-order valence-electron chi connectivity index (χ1n) is 6.14. The van der Waals surface area contributed by atoms with Gasteiger partial charge in [-0.25, -0.2) is 4.79 Å². The number of hydrogen-bond acceptors (Lipinski definition) is 3. The molecule has 6 heteroatoms. The summed E-state index contributed by atoms with van der Waals surface area (Å²) in [6.45, 7) is 4.18. The first-order chi connectivity index (χ1) is 8.21. The van der Waals surface area contributed by atoms with Crippen LogP contribution in [0.15, 0.2) is 0 Å². The molecular weight excluding hydrogens is 236 g/mol. The van der Waals surface area contributed by atoms with Gasteiger partial charge in [-0.05, 0) is 25.2 Å². The SMILES string of the molecule is CC1CC1CN(C)C(=O)NCC(C)(O)CC(=O)O. The number of amides is 2. The summed E-state index contributed by atoms with van der Waals surface area (Å²) in [5.74, 6) is 0.157. The Balaban J connectivity index is 2.28. The minimum atomic E-state index is -1.42. The number of carbonyl (C=O) groups is 2. The fourth-order valence-electron chi connectivity index (χ4n) is 1.88. The minimum absolute atomic E-state index is 0.0668. The Labute approximate surface area is 107 Å². The van der Waals surface area contributed by atoms with E-state index in [1.54, 1.807) is 11.9 Å². The summed E-state index contributed by atoms with van der Waals surface area (Å²) in [4.78, 5) is 23.8. The van der Waals surface area contributed by atoms with E-state index in [0.717, 1.165) is 6.42 Å². The van der Waals surface area contributed by atoms with Gasteiger partial charge in [-0.2, -0.15) is 0 Å². The van der Waals surface area contributed by atoms with Gasteiger partial charge in [0.05, 0.1) is 12.0 Å². The van der Waals surface area contributed by atoms with Gasteiger partial charge in [-0.15, -0.1) is 0 Å². The highest BCUT2D eigenvalue weighted by Crippen LogP contribution is 2.37.